The Hall–Kier alpha value is -1.10. The van der Waals surface area contributed by atoms with Crippen LogP contribution in [0.4, 0.5) is 0 Å². The standard InChI is InChI=1S/C7H13N3O2/c1-4(3-12-2)5-6(11)10-7(8)9-5/h4-5H,3H2,1-2H3,(H3,8,9,10,11). The minimum Gasteiger partial charge on any atom is -0.384 e. The number of rotatable bonds is 3. The van der Waals surface area contributed by atoms with Crippen molar-refractivity contribution in [2.24, 2.45) is 16.6 Å². The number of hydrogen-bond acceptors (Lipinski definition) is 4. The Balaban J connectivity index is 2.56. The summed E-state index contributed by atoms with van der Waals surface area (Å²) in [6.45, 7) is 2.41. The van der Waals surface area contributed by atoms with Crippen LogP contribution in [0, 0.1) is 5.92 Å². The van der Waals surface area contributed by atoms with Crippen molar-refractivity contribution in [2.45, 2.75) is 13.0 Å². The number of nitrogens with two attached hydrogens (primary N) is 1. The van der Waals surface area contributed by atoms with Crippen LogP contribution in [0.25, 0.3) is 0 Å². The number of carbonyl (C=O) groups is 1. The van der Waals surface area contributed by atoms with Gasteiger partial charge >= 0.3 is 0 Å². The molecule has 0 radical (unpaired) electrons. The molecular formula is C7H13N3O2. The molecule has 1 amide bonds. The second-order valence-corrected chi connectivity index (χ2v) is 2.88. The lowest BCUT2D eigenvalue weighted by atomic mass is 10.0. The summed E-state index contributed by atoms with van der Waals surface area (Å²) in [5.41, 5.74) is 5.33. The highest BCUT2D eigenvalue weighted by Gasteiger charge is 2.29. The number of aliphatic imine (C=N–C) groups is 1. The molecule has 3 N–H and O–H groups in total. The Morgan fingerprint density at radius 1 is 1.83 bits per heavy atom. The SMILES string of the molecule is COCC(C)C1N=C(N)NC1=O. The second-order valence-electron chi connectivity index (χ2n) is 2.88. The first-order valence-corrected chi connectivity index (χ1v) is 3.78. The fraction of sp³-hybridized carbons (Fsp3) is 0.714. The predicted molar refractivity (Wildman–Crippen MR) is 44.6 cm³/mol. The predicted octanol–water partition coefficient (Wildman–Crippen LogP) is -0.918. The Labute approximate surface area is 71.0 Å². The molecule has 0 aliphatic carbocycles. The van der Waals surface area contributed by atoms with Gasteiger partial charge in [-0.1, -0.05) is 6.92 Å². The fourth-order valence-corrected chi connectivity index (χ4v) is 1.18. The number of nitrogens with one attached hydrogen (secondary N) is 1. The molecule has 1 aliphatic rings. The van der Waals surface area contributed by atoms with Crippen LogP contribution in [0.15, 0.2) is 4.99 Å². The van der Waals surface area contributed by atoms with Crippen LogP contribution in [0.5, 0.6) is 0 Å². The summed E-state index contributed by atoms with van der Waals surface area (Å²) in [6, 6.07) is -0.384. The molecule has 2 atom stereocenters. The molecule has 0 saturated heterocycles. The molecular weight excluding hydrogens is 158 g/mol. The second kappa shape index (κ2) is 3.53. The van der Waals surface area contributed by atoms with Crippen LogP contribution in [0.3, 0.4) is 0 Å². The largest absolute Gasteiger partial charge is 0.384 e. The number of nitrogens with zero attached hydrogens (tertiary/aromatic N) is 1. The highest BCUT2D eigenvalue weighted by atomic mass is 16.5. The summed E-state index contributed by atoms with van der Waals surface area (Å²) in [4.78, 5) is 15.1. The number of amides is 1. The molecule has 68 valence electrons. The topological polar surface area (TPSA) is 76.7 Å². The van der Waals surface area contributed by atoms with Crippen molar-refractivity contribution in [1.29, 1.82) is 0 Å². The van der Waals surface area contributed by atoms with Gasteiger partial charge in [-0.25, -0.2) is 4.99 Å². The van der Waals surface area contributed by atoms with Crippen LogP contribution >= 0.6 is 0 Å². The van der Waals surface area contributed by atoms with Gasteiger partial charge in [0.1, 0.15) is 6.04 Å². The van der Waals surface area contributed by atoms with Crippen LogP contribution in [-0.2, 0) is 9.53 Å². The van der Waals surface area contributed by atoms with Gasteiger partial charge in [0, 0.05) is 13.0 Å². The van der Waals surface area contributed by atoms with Crippen LogP contribution < -0.4 is 11.1 Å². The van der Waals surface area contributed by atoms with Gasteiger partial charge in [0.25, 0.3) is 5.91 Å². The molecule has 1 aliphatic heterocycles. The van der Waals surface area contributed by atoms with E-state index in [0.29, 0.717) is 6.61 Å². The molecule has 2 unspecified atom stereocenters. The summed E-state index contributed by atoms with van der Waals surface area (Å²) in [7, 11) is 1.59. The van der Waals surface area contributed by atoms with Gasteiger partial charge in [-0.2, -0.15) is 0 Å². The van der Waals surface area contributed by atoms with E-state index in [2.05, 4.69) is 10.3 Å². The molecule has 0 saturated carbocycles. The van der Waals surface area contributed by atoms with Crippen molar-refractivity contribution in [3.05, 3.63) is 0 Å². The van der Waals surface area contributed by atoms with E-state index in [1.54, 1.807) is 7.11 Å². The molecule has 0 aromatic rings. The lowest BCUT2D eigenvalue weighted by Crippen LogP contribution is -2.35. The van der Waals surface area contributed by atoms with E-state index in [0.717, 1.165) is 0 Å². The quantitative estimate of drug-likeness (QED) is 0.576. The molecule has 0 fully saturated rings. The van der Waals surface area contributed by atoms with Crippen molar-refractivity contribution in [3.8, 4) is 0 Å². The molecule has 0 bridgehead atoms. The zero-order valence-corrected chi connectivity index (χ0v) is 7.20. The van der Waals surface area contributed by atoms with E-state index in [-0.39, 0.29) is 23.8 Å². The lowest BCUT2D eigenvalue weighted by molar-refractivity contribution is -0.121. The summed E-state index contributed by atoms with van der Waals surface area (Å²) < 4.78 is 4.91. The maximum atomic E-state index is 11.1. The van der Waals surface area contributed by atoms with Gasteiger partial charge in [0.05, 0.1) is 6.61 Å². The highest BCUT2D eigenvalue weighted by molar-refractivity contribution is 6.04. The zero-order valence-electron chi connectivity index (χ0n) is 7.20. The maximum Gasteiger partial charge on any atom is 0.251 e. The maximum absolute atomic E-state index is 11.1. The highest BCUT2D eigenvalue weighted by Crippen LogP contribution is 2.11. The Morgan fingerprint density at radius 2 is 2.50 bits per heavy atom. The molecule has 0 spiro atoms. The summed E-state index contributed by atoms with van der Waals surface area (Å²) in [5.74, 6) is 0.126. The van der Waals surface area contributed by atoms with Crippen LogP contribution in [-0.4, -0.2) is 31.6 Å². The minimum absolute atomic E-state index is 0.0658. The van der Waals surface area contributed by atoms with E-state index in [1.165, 1.54) is 0 Å². The number of carbonyl (C=O) groups excluding carboxylic acids is 1. The molecule has 5 nitrogen and oxygen atoms in total. The smallest absolute Gasteiger partial charge is 0.251 e. The van der Waals surface area contributed by atoms with E-state index >= 15 is 0 Å². The first-order chi connectivity index (χ1) is 5.65. The lowest BCUT2D eigenvalue weighted by Gasteiger charge is -2.12. The summed E-state index contributed by atoms with van der Waals surface area (Å²) >= 11 is 0. The van der Waals surface area contributed by atoms with Gasteiger partial charge in [0.15, 0.2) is 5.96 Å². The van der Waals surface area contributed by atoms with E-state index in [4.69, 9.17) is 10.5 Å². The van der Waals surface area contributed by atoms with Crippen LogP contribution in [0.1, 0.15) is 6.92 Å². The summed E-state index contributed by atoms with van der Waals surface area (Å²) in [6.07, 6.45) is 0. The average molecular weight is 171 g/mol. The average Bonchev–Trinajstić information content (AvgIpc) is 2.30. The molecule has 0 aromatic carbocycles. The Kier molecular flexibility index (Phi) is 2.65. The number of ether oxygens (including phenoxy) is 1. The molecule has 5 heteroatoms. The Morgan fingerprint density at radius 3 is 2.92 bits per heavy atom. The van der Waals surface area contributed by atoms with Gasteiger partial charge in [-0.05, 0) is 0 Å². The first-order valence-electron chi connectivity index (χ1n) is 3.78. The third kappa shape index (κ3) is 1.73. The number of guanidine groups is 1. The third-order valence-electron chi connectivity index (χ3n) is 1.77. The monoisotopic (exact) mass is 171 g/mol. The third-order valence-corrected chi connectivity index (χ3v) is 1.77. The van der Waals surface area contributed by atoms with Gasteiger partial charge in [-0.15, -0.1) is 0 Å². The van der Waals surface area contributed by atoms with Gasteiger partial charge < -0.3 is 10.5 Å². The molecule has 1 heterocycles. The normalized spacial score (nSPS) is 25.0. The van der Waals surface area contributed by atoms with Crippen molar-refractivity contribution < 1.29 is 9.53 Å². The Bertz CT molecular complexity index is 215. The van der Waals surface area contributed by atoms with E-state index in [9.17, 15) is 4.79 Å². The van der Waals surface area contributed by atoms with Crippen molar-refractivity contribution in [2.75, 3.05) is 13.7 Å². The zero-order chi connectivity index (χ0) is 9.14. The van der Waals surface area contributed by atoms with E-state index < -0.39 is 0 Å². The van der Waals surface area contributed by atoms with Crippen molar-refractivity contribution in [1.82, 2.24) is 5.32 Å². The molecule has 12 heavy (non-hydrogen) atoms. The summed E-state index contributed by atoms with van der Waals surface area (Å²) in [5, 5.41) is 2.44. The van der Waals surface area contributed by atoms with Gasteiger partial charge in [-0.3, -0.25) is 10.1 Å². The molecule has 0 aromatic heterocycles. The number of methoxy groups -OCH3 is 1. The fourth-order valence-electron chi connectivity index (χ4n) is 1.18. The minimum atomic E-state index is -0.384. The van der Waals surface area contributed by atoms with E-state index in [1.807, 2.05) is 6.92 Å². The first kappa shape index (κ1) is 8.99. The van der Waals surface area contributed by atoms with Gasteiger partial charge in [0.2, 0.25) is 0 Å². The molecule has 1 rings (SSSR count). The van der Waals surface area contributed by atoms with Crippen molar-refractivity contribution in [3.63, 3.8) is 0 Å². The van der Waals surface area contributed by atoms with Crippen molar-refractivity contribution >= 4 is 11.9 Å². The number of hydrogen-bond donors (Lipinski definition) is 2. The van der Waals surface area contributed by atoms with Crippen LogP contribution in [0.2, 0.25) is 0 Å².